The van der Waals surface area contributed by atoms with Gasteiger partial charge in [0, 0.05) is 11.1 Å². The molecule has 6 heteroatoms. The van der Waals surface area contributed by atoms with Crippen molar-refractivity contribution in [3.63, 3.8) is 0 Å². The molecule has 0 bridgehead atoms. The normalized spacial score (nSPS) is 18.4. The molecule has 1 aromatic carbocycles. The molecule has 1 aromatic rings. The van der Waals surface area contributed by atoms with Crippen molar-refractivity contribution in [2.45, 2.75) is 39.6 Å². The minimum Gasteiger partial charge on any atom is -0.493 e. The zero-order valence-corrected chi connectivity index (χ0v) is 13.2. The van der Waals surface area contributed by atoms with Crippen LogP contribution in [0.1, 0.15) is 36.7 Å². The number of methoxy groups -OCH3 is 1. The molecule has 2 rings (SSSR count). The molecule has 1 heterocycles. The van der Waals surface area contributed by atoms with Crippen molar-refractivity contribution in [2.24, 2.45) is 0 Å². The number of benzene rings is 1. The van der Waals surface area contributed by atoms with E-state index < -0.39 is 18.2 Å². The van der Waals surface area contributed by atoms with Crippen LogP contribution in [0.2, 0.25) is 0 Å². The second-order valence-electron chi connectivity index (χ2n) is 4.95. The SMILES string of the molecule is CCOC(=O)C(C)Oc1c(OC)ccc2c1COC(C)C2=O. The third-order valence-corrected chi connectivity index (χ3v) is 3.47. The van der Waals surface area contributed by atoms with Crippen molar-refractivity contribution in [3.05, 3.63) is 23.3 Å². The number of carbonyl (C=O) groups excluding carboxylic acids is 2. The number of Topliss-reactive ketones (excluding diaryl/α,β-unsaturated/α-hetero) is 1. The van der Waals surface area contributed by atoms with Crippen molar-refractivity contribution in [1.29, 1.82) is 0 Å². The minimum absolute atomic E-state index is 0.113. The Bertz CT molecular complexity index is 580. The van der Waals surface area contributed by atoms with Crippen LogP contribution in [-0.4, -0.2) is 37.7 Å². The van der Waals surface area contributed by atoms with Crippen LogP contribution in [0.4, 0.5) is 0 Å². The van der Waals surface area contributed by atoms with Crippen LogP contribution in [0.5, 0.6) is 11.5 Å². The van der Waals surface area contributed by atoms with Gasteiger partial charge in [0.05, 0.1) is 20.3 Å². The Labute approximate surface area is 129 Å². The average molecular weight is 308 g/mol. The van der Waals surface area contributed by atoms with E-state index in [2.05, 4.69) is 0 Å². The van der Waals surface area contributed by atoms with E-state index in [9.17, 15) is 9.59 Å². The van der Waals surface area contributed by atoms with Crippen molar-refractivity contribution >= 4 is 11.8 Å². The maximum absolute atomic E-state index is 12.2. The Morgan fingerprint density at radius 2 is 2.18 bits per heavy atom. The van der Waals surface area contributed by atoms with E-state index in [-0.39, 0.29) is 19.0 Å². The first kappa shape index (κ1) is 16.3. The Hall–Kier alpha value is -2.08. The van der Waals surface area contributed by atoms with Gasteiger partial charge in [-0.15, -0.1) is 0 Å². The molecule has 0 saturated heterocycles. The molecule has 22 heavy (non-hydrogen) atoms. The lowest BCUT2D eigenvalue weighted by atomic mass is 9.97. The molecule has 6 nitrogen and oxygen atoms in total. The monoisotopic (exact) mass is 308 g/mol. The summed E-state index contributed by atoms with van der Waals surface area (Å²) in [5.41, 5.74) is 1.13. The summed E-state index contributed by atoms with van der Waals surface area (Å²) in [4.78, 5) is 23.9. The lowest BCUT2D eigenvalue weighted by molar-refractivity contribution is -0.150. The standard InChI is InChI=1S/C16H20O6/c1-5-20-16(18)10(3)22-15-12-8-21-9(2)14(17)11(12)6-7-13(15)19-4/h6-7,9-10H,5,8H2,1-4H3. The highest BCUT2D eigenvalue weighted by Crippen LogP contribution is 2.37. The number of carbonyl (C=O) groups is 2. The fraction of sp³-hybridized carbons (Fsp3) is 0.500. The van der Waals surface area contributed by atoms with Crippen LogP contribution in [0.15, 0.2) is 12.1 Å². The number of ketones is 1. The molecular formula is C16H20O6. The maximum Gasteiger partial charge on any atom is 0.347 e. The van der Waals surface area contributed by atoms with Crippen molar-refractivity contribution in [3.8, 4) is 11.5 Å². The number of ether oxygens (including phenoxy) is 4. The van der Waals surface area contributed by atoms with E-state index >= 15 is 0 Å². The van der Waals surface area contributed by atoms with E-state index in [0.717, 1.165) is 0 Å². The minimum atomic E-state index is -0.810. The highest BCUT2D eigenvalue weighted by molar-refractivity contribution is 6.02. The van der Waals surface area contributed by atoms with E-state index in [4.69, 9.17) is 18.9 Å². The van der Waals surface area contributed by atoms with E-state index in [1.807, 2.05) is 0 Å². The topological polar surface area (TPSA) is 71.1 Å². The third kappa shape index (κ3) is 3.06. The van der Waals surface area contributed by atoms with Crippen LogP contribution in [-0.2, 0) is 20.9 Å². The highest BCUT2D eigenvalue weighted by atomic mass is 16.6. The summed E-state index contributed by atoms with van der Waals surface area (Å²) in [6.45, 7) is 5.52. The number of fused-ring (bicyclic) bond motifs is 1. The molecule has 120 valence electrons. The first-order chi connectivity index (χ1) is 10.5. The maximum atomic E-state index is 12.2. The van der Waals surface area contributed by atoms with Crippen LogP contribution in [0.3, 0.4) is 0 Å². The molecule has 2 unspecified atom stereocenters. The van der Waals surface area contributed by atoms with Gasteiger partial charge in [-0.3, -0.25) is 4.79 Å². The van der Waals surface area contributed by atoms with Gasteiger partial charge in [0.2, 0.25) is 0 Å². The first-order valence-electron chi connectivity index (χ1n) is 7.18. The first-order valence-corrected chi connectivity index (χ1v) is 7.18. The molecule has 0 aromatic heterocycles. The fourth-order valence-electron chi connectivity index (χ4n) is 2.26. The van der Waals surface area contributed by atoms with Crippen molar-refractivity contribution < 1.29 is 28.5 Å². The summed E-state index contributed by atoms with van der Waals surface area (Å²) >= 11 is 0. The Kier molecular flexibility index (Phi) is 5.03. The van der Waals surface area contributed by atoms with Crippen molar-refractivity contribution in [1.82, 2.24) is 0 Å². The molecule has 0 aliphatic carbocycles. The van der Waals surface area contributed by atoms with Crippen LogP contribution >= 0.6 is 0 Å². The fourth-order valence-corrected chi connectivity index (χ4v) is 2.26. The smallest absolute Gasteiger partial charge is 0.347 e. The molecule has 0 radical (unpaired) electrons. The quantitative estimate of drug-likeness (QED) is 0.776. The molecule has 0 fully saturated rings. The molecule has 0 amide bonds. The van der Waals surface area contributed by atoms with Gasteiger partial charge in [-0.05, 0) is 32.9 Å². The van der Waals surface area contributed by atoms with Gasteiger partial charge in [0.15, 0.2) is 23.4 Å². The van der Waals surface area contributed by atoms with Gasteiger partial charge < -0.3 is 18.9 Å². The largest absolute Gasteiger partial charge is 0.493 e. The summed E-state index contributed by atoms with van der Waals surface area (Å²) in [7, 11) is 1.50. The predicted molar refractivity (Wildman–Crippen MR) is 78.3 cm³/mol. The Morgan fingerprint density at radius 1 is 1.45 bits per heavy atom. The average Bonchev–Trinajstić information content (AvgIpc) is 2.51. The molecule has 0 spiro atoms. The zero-order valence-electron chi connectivity index (χ0n) is 13.2. The molecule has 0 saturated carbocycles. The summed E-state index contributed by atoms with van der Waals surface area (Å²) in [6.07, 6.45) is -1.30. The summed E-state index contributed by atoms with van der Waals surface area (Å²) in [5.74, 6) is 0.206. The van der Waals surface area contributed by atoms with E-state index in [1.165, 1.54) is 7.11 Å². The van der Waals surface area contributed by atoms with E-state index in [0.29, 0.717) is 22.6 Å². The second kappa shape index (κ2) is 6.79. The van der Waals surface area contributed by atoms with Gasteiger partial charge in [0.25, 0.3) is 0 Å². The van der Waals surface area contributed by atoms with Crippen LogP contribution in [0.25, 0.3) is 0 Å². The number of esters is 1. The summed E-state index contributed by atoms with van der Waals surface area (Å²) in [6, 6.07) is 3.35. The highest BCUT2D eigenvalue weighted by Gasteiger charge is 2.30. The van der Waals surface area contributed by atoms with Crippen LogP contribution < -0.4 is 9.47 Å². The van der Waals surface area contributed by atoms with Crippen LogP contribution in [0, 0.1) is 0 Å². The molecule has 1 aliphatic rings. The number of hydrogen-bond acceptors (Lipinski definition) is 6. The zero-order chi connectivity index (χ0) is 16.3. The second-order valence-corrected chi connectivity index (χ2v) is 4.95. The Morgan fingerprint density at radius 3 is 2.82 bits per heavy atom. The third-order valence-electron chi connectivity index (χ3n) is 3.47. The molecular weight excluding hydrogens is 288 g/mol. The summed E-state index contributed by atoms with van der Waals surface area (Å²) in [5, 5.41) is 0. The van der Waals surface area contributed by atoms with Gasteiger partial charge in [-0.2, -0.15) is 0 Å². The molecule has 0 N–H and O–H groups in total. The van der Waals surface area contributed by atoms with Gasteiger partial charge in [-0.25, -0.2) is 4.79 Å². The summed E-state index contributed by atoms with van der Waals surface area (Å²) < 4.78 is 21.3. The van der Waals surface area contributed by atoms with Gasteiger partial charge in [-0.1, -0.05) is 0 Å². The predicted octanol–water partition coefficient (Wildman–Crippen LogP) is 2.13. The van der Waals surface area contributed by atoms with Gasteiger partial charge >= 0.3 is 5.97 Å². The van der Waals surface area contributed by atoms with E-state index in [1.54, 1.807) is 32.9 Å². The lowest BCUT2D eigenvalue weighted by Gasteiger charge is -2.25. The van der Waals surface area contributed by atoms with Crippen molar-refractivity contribution in [2.75, 3.05) is 13.7 Å². The number of hydrogen-bond donors (Lipinski definition) is 0. The Balaban J connectivity index is 2.37. The molecule has 1 aliphatic heterocycles. The van der Waals surface area contributed by atoms with Gasteiger partial charge in [0.1, 0.15) is 6.10 Å². The lowest BCUT2D eigenvalue weighted by Crippen LogP contribution is -2.30. The molecule has 2 atom stereocenters. The number of rotatable bonds is 5.